The lowest BCUT2D eigenvalue weighted by Crippen LogP contribution is -2.29. The number of piperidine rings is 1. The first-order valence-corrected chi connectivity index (χ1v) is 8.38. The van der Waals surface area contributed by atoms with E-state index in [9.17, 15) is 4.79 Å². The number of hydrogen-bond acceptors (Lipinski definition) is 2. The molecule has 3 N–H and O–H groups in total. The third kappa shape index (κ3) is 7.99. The molecule has 0 bridgehead atoms. The van der Waals surface area contributed by atoms with Gasteiger partial charge in [-0.1, -0.05) is 68.7 Å². The summed E-state index contributed by atoms with van der Waals surface area (Å²) in [6.45, 7) is 6.64. The van der Waals surface area contributed by atoms with E-state index < -0.39 is 0 Å². The van der Waals surface area contributed by atoms with E-state index in [0.29, 0.717) is 12.3 Å². The van der Waals surface area contributed by atoms with Gasteiger partial charge in [-0.2, -0.15) is 0 Å². The second-order valence-corrected chi connectivity index (χ2v) is 5.91. The Kier molecular flexibility index (Phi) is 9.24. The van der Waals surface area contributed by atoms with E-state index in [1.165, 1.54) is 12.0 Å². The number of nitrogens with two attached hydrogens (primary N) is 1. The molecular weight excluding hydrogens is 272 g/mol. The lowest BCUT2D eigenvalue weighted by Gasteiger charge is -2.22. The number of amides is 1. The van der Waals surface area contributed by atoms with Crippen LogP contribution in [0.5, 0.6) is 0 Å². The van der Waals surface area contributed by atoms with E-state index in [-0.39, 0.29) is 5.91 Å². The first-order valence-electron chi connectivity index (χ1n) is 8.38. The number of unbranched alkanes of at least 4 members (excludes halogenated alkanes) is 2. The Balaban J connectivity index is 0.000000261. The number of hydrogen-bond donors (Lipinski definition) is 2. The maximum atomic E-state index is 10.1. The van der Waals surface area contributed by atoms with Crippen molar-refractivity contribution in [2.24, 2.45) is 11.7 Å². The average molecular weight is 302 g/mol. The summed E-state index contributed by atoms with van der Waals surface area (Å²) < 4.78 is 0. The molecule has 1 amide bonds. The summed E-state index contributed by atoms with van der Waals surface area (Å²) in [5, 5.41) is 3.41. The molecule has 3 nitrogen and oxygen atoms in total. The Hall–Kier alpha value is -1.61. The van der Waals surface area contributed by atoms with Crippen LogP contribution in [-0.4, -0.2) is 19.0 Å². The van der Waals surface area contributed by atoms with Crippen molar-refractivity contribution >= 4 is 12.0 Å². The minimum absolute atomic E-state index is 0.182. The highest BCUT2D eigenvalue weighted by Gasteiger charge is 2.12. The molecule has 0 spiro atoms. The molecule has 122 valence electrons. The molecule has 22 heavy (non-hydrogen) atoms. The number of nitrogens with one attached hydrogen (secondary N) is 1. The minimum Gasteiger partial charge on any atom is -0.370 e. The van der Waals surface area contributed by atoms with Gasteiger partial charge in [0.25, 0.3) is 0 Å². The summed E-state index contributed by atoms with van der Waals surface area (Å²) in [6.07, 6.45) is 7.29. The van der Waals surface area contributed by atoms with Crippen molar-refractivity contribution in [2.75, 3.05) is 13.1 Å². The van der Waals surface area contributed by atoms with Gasteiger partial charge in [-0.3, -0.25) is 4.79 Å². The molecule has 1 aliphatic rings. The van der Waals surface area contributed by atoms with Crippen molar-refractivity contribution in [3.8, 4) is 0 Å². The van der Waals surface area contributed by atoms with E-state index in [1.807, 2.05) is 0 Å². The minimum atomic E-state index is -0.182. The van der Waals surface area contributed by atoms with Gasteiger partial charge in [0.15, 0.2) is 0 Å². The molecule has 1 aromatic rings. The molecule has 0 aromatic heterocycles. The lowest BCUT2D eigenvalue weighted by atomic mass is 9.93. The Morgan fingerprint density at radius 3 is 2.64 bits per heavy atom. The fraction of sp³-hybridized carbons (Fsp3) is 0.526. The zero-order valence-electron chi connectivity index (χ0n) is 14.0. The van der Waals surface area contributed by atoms with Crippen LogP contribution in [0.1, 0.15) is 51.5 Å². The van der Waals surface area contributed by atoms with Crippen LogP contribution in [-0.2, 0) is 4.79 Å². The zero-order chi connectivity index (χ0) is 16.2. The monoisotopic (exact) mass is 302 g/mol. The van der Waals surface area contributed by atoms with Crippen molar-refractivity contribution in [3.63, 3.8) is 0 Å². The fourth-order valence-electron chi connectivity index (χ4n) is 2.46. The Bertz CT molecular complexity index is 454. The van der Waals surface area contributed by atoms with Crippen LogP contribution in [0, 0.1) is 5.92 Å². The third-order valence-electron chi connectivity index (χ3n) is 3.85. The smallest absolute Gasteiger partial charge is 0.217 e. The Morgan fingerprint density at radius 1 is 1.32 bits per heavy atom. The van der Waals surface area contributed by atoms with Gasteiger partial charge in [0, 0.05) is 13.0 Å². The van der Waals surface area contributed by atoms with Crippen LogP contribution < -0.4 is 11.1 Å². The predicted molar refractivity (Wildman–Crippen MR) is 94.4 cm³/mol. The molecule has 0 aliphatic carbocycles. The highest BCUT2D eigenvalue weighted by molar-refractivity contribution is 5.73. The quantitative estimate of drug-likeness (QED) is 0.814. The van der Waals surface area contributed by atoms with Crippen molar-refractivity contribution in [3.05, 3.63) is 41.5 Å². The largest absolute Gasteiger partial charge is 0.370 e. The fourth-order valence-corrected chi connectivity index (χ4v) is 2.46. The van der Waals surface area contributed by atoms with Crippen LogP contribution in [0.2, 0.25) is 0 Å². The van der Waals surface area contributed by atoms with Crippen molar-refractivity contribution in [1.82, 2.24) is 5.32 Å². The lowest BCUT2D eigenvalue weighted by molar-refractivity contribution is -0.118. The summed E-state index contributed by atoms with van der Waals surface area (Å²) in [5.41, 5.74) is 7.80. The van der Waals surface area contributed by atoms with Gasteiger partial charge in [-0.15, -0.1) is 0 Å². The number of benzene rings is 1. The maximum absolute atomic E-state index is 10.1. The van der Waals surface area contributed by atoms with Crippen LogP contribution in [0.4, 0.5) is 0 Å². The van der Waals surface area contributed by atoms with Crippen LogP contribution >= 0.6 is 0 Å². The van der Waals surface area contributed by atoms with E-state index >= 15 is 0 Å². The third-order valence-corrected chi connectivity index (χ3v) is 3.85. The van der Waals surface area contributed by atoms with Gasteiger partial charge in [0.1, 0.15) is 0 Å². The van der Waals surface area contributed by atoms with E-state index in [0.717, 1.165) is 32.4 Å². The van der Waals surface area contributed by atoms with E-state index in [1.54, 1.807) is 5.57 Å². The zero-order valence-corrected chi connectivity index (χ0v) is 14.0. The first kappa shape index (κ1) is 18.4. The first-order chi connectivity index (χ1) is 10.6. The molecule has 0 saturated carbocycles. The summed E-state index contributed by atoms with van der Waals surface area (Å²) in [5.74, 6) is 0.502. The second-order valence-electron chi connectivity index (χ2n) is 5.91. The molecule has 1 unspecified atom stereocenters. The SMILES string of the molecule is CC1CNCCC1=Cc1ccccc1.CCCCCC(N)=O. The van der Waals surface area contributed by atoms with Gasteiger partial charge < -0.3 is 11.1 Å². The normalized spacial score (nSPS) is 19.4. The Labute approximate surface area is 135 Å². The van der Waals surface area contributed by atoms with Gasteiger partial charge in [0.05, 0.1) is 0 Å². The van der Waals surface area contributed by atoms with Gasteiger partial charge in [-0.05, 0) is 30.9 Å². The van der Waals surface area contributed by atoms with E-state index in [4.69, 9.17) is 5.73 Å². The highest BCUT2D eigenvalue weighted by atomic mass is 16.1. The van der Waals surface area contributed by atoms with E-state index in [2.05, 4.69) is 55.6 Å². The Morgan fingerprint density at radius 2 is 2.05 bits per heavy atom. The topological polar surface area (TPSA) is 55.1 Å². The van der Waals surface area contributed by atoms with Crippen LogP contribution in [0.25, 0.3) is 6.08 Å². The highest BCUT2D eigenvalue weighted by Crippen LogP contribution is 2.20. The molecule has 0 radical (unpaired) electrons. The van der Waals surface area contributed by atoms with Crippen molar-refractivity contribution in [1.29, 1.82) is 0 Å². The average Bonchev–Trinajstić information content (AvgIpc) is 2.51. The summed E-state index contributed by atoms with van der Waals surface area (Å²) in [4.78, 5) is 10.1. The number of carbonyl (C=O) groups excluding carboxylic acids is 1. The van der Waals surface area contributed by atoms with Gasteiger partial charge in [0.2, 0.25) is 5.91 Å². The summed E-state index contributed by atoms with van der Waals surface area (Å²) in [6, 6.07) is 10.6. The van der Waals surface area contributed by atoms with Gasteiger partial charge in [-0.25, -0.2) is 0 Å². The standard InChI is InChI=1S/C13H17N.C6H13NO/c1-11-10-14-8-7-13(11)9-12-5-3-2-4-6-12;1-2-3-4-5-6(7)8/h2-6,9,11,14H,7-8,10H2,1H3;2-5H2,1H3,(H2,7,8). The molecule has 1 aliphatic heterocycles. The predicted octanol–water partition coefficient (Wildman–Crippen LogP) is 3.75. The molecule has 1 saturated heterocycles. The molecule has 2 rings (SSSR count). The van der Waals surface area contributed by atoms with Crippen molar-refractivity contribution in [2.45, 2.75) is 46.0 Å². The molecule has 1 aromatic carbocycles. The molecule has 3 heteroatoms. The molecular formula is C19H30N2O. The number of rotatable bonds is 5. The molecule has 1 fully saturated rings. The summed E-state index contributed by atoms with van der Waals surface area (Å²) in [7, 11) is 0. The number of carbonyl (C=O) groups is 1. The van der Waals surface area contributed by atoms with Crippen LogP contribution in [0.3, 0.4) is 0 Å². The van der Waals surface area contributed by atoms with Crippen LogP contribution in [0.15, 0.2) is 35.9 Å². The van der Waals surface area contributed by atoms with Crippen molar-refractivity contribution < 1.29 is 4.79 Å². The molecule has 1 atom stereocenters. The van der Waals surface area contributed by atoms with Gasteiger partial charge >= 0.3 is 0 Å². The summed E-state index contributed by atoms with van der Waals surface area (Å²) >= 11 is 0. The second kappa shape index (κ2) is 11.0. The molecule has 1 heterocycles. The number of primary amides is 1. The maximum Gasteiger partial charge on any atom is 0.217 e.